The fourth-order valence-electron chi connectivity index (χ4n) is 4.62. The number of hydroxylamine groups is 1. The summed E-state index contributed by atoms with van der Waals surface area (Å²) in [7, 11) is 0. The zero-order valence-corrected chi connectivity index (χ0v) is 19.6. The molecule has 0 aliphatic carbocycles. The van der Waals surface area contributed by atoms with Gasteiger partial charge in [0, 0.05) is 28.5 Å². The Balaban J connectivity index is 1.45. The number of nitrogens with zero attached hydrogens (tertiary/aromatic N) is 3. The van der Waals surface area contributed by atoms with E-state index in [2.05, 4.69) is 5.16 Å². The van der Waals surface area contributed by atoms with E-state index in [0.29, 0.717) is 59.3 Å². The van der Waals surface area contributed by atoms with Gasteiger partial charge in [0.25, 0.3) is 5.56 Å². The highest BCUT2D eigenvalue weighted by Gasteiger charge is 2.34. The third-order valence-corrected chi connectivity index (χ3v) is 6.50. The Labute approximate surface area is 209 Å². The monoisotopic (exact) mass is 508 g/mol. The van der Waals surface area contributed by atoms with Gasteiger partial charge in [0.05, 0.1) is 35.2 Å². The molecule has 12 heteroatoms. The van der Waals surface area contributed by atoms with Gasteiger partial charge < -0.3 is 24.4 Å². The maximum Gasteiger partial charge on any atom is 0.340 e. The van der Waals surface area contributed by atoms with Gasteiger partial charge in [-0.25, -0.2) is 15.3 Å². The third kappa shape index (κ3) is 4.52. The molecular weight excluding hydrogens is 484 g/mol. The van der Waals surface area contributed by atoms with E-state index in [1.165, 1.54) is 16.8 Å². The van der Waals surface area contributed by atoms with Crippen LogP contribution >= 0.6 is 0 Å². The lowest BCUT2D eigenvalue weighted by Crippen LogP contribution is -2.32. The van der Waals surface area contributed by atoms with Crippen LogP contribution in [-0.2, 0) is 32.3 Å². The fourth-order valence-corrected chi connectivity index (χ4v) is 4.62. The lowest BCUT2D eigenvalue weighted by atomic mass is 9.99. The standard InChI is InChI=1S/C25H24N4O8/c30-13-5-6-19-14(8-13)16(10-26-37-7-3-1-2-4-21(31)28-35)17-11-29-20(22(17)27-19)9-15-18(24(29)33)12-36-25(34)23(15)32/h5-6,8-10,23,30,32,35H,1-4,7,11-12H2,(H,28,31)/b26-10-/t23-/m0/s1. The molecule has 12 nitrogen and oxygen atoms in total. The summed E-state index contributed by atoms with van der Waals surface area (Å²) in [6.07, 6.45) is 2.16. The van der Waals surface area contributed by atoms with Crippen molar-refractivity contribution in [3.05, 3.63) is 56.9 Å². The predicted molar refractivity (Wildman–Crippen MR) is 129 cm³/mol. The highest BCUT2D eigenvalue weighted by atomic mass is 16.6. The quantitative estimate of drug-likeness (QED) is 0.0907. The van der Waals surface area contributed by atoms with Crippen molar-refractivity contribution in [3.8, 4) is 17.1 Å². The van der Waals surface area contributed by atoms with Crippen LogP contribution < -0.4 is 11.0 Å². The van der Waals surface area contributed by atoms with E-state index in [1.807, 2.05) is 0 Å². The number of fused-ring (bicyclic) bond motifs is 5. The van der Waals surface area contributed by atoms with Gasteiger partial charge in [0.15, 0.2) is 6.10 Å². The first-order valence-electron chi connectivity index (χ1n) is 11.7. The molecule has 4 heterocycles. The number of phenols is 1. The molecule has 2 aliphatic heterocycles. The Morgan fingerprint density at radius 2 is 2.08 bits per heavy atom. The average Bonchev–Trinajstić information content (AvgIpc) is 3.26. The van der Waals surface area contributed by atoms with E-state index in [-0.39, 0.29) is 42.0 Å². The molecule has 0 fully saturated rings. The summed E-state index contributed by atoms with van der Waals surface area (Å²) >= 11 is 0. The largest absolute Gasteiger partial charge is 0.508 e. The lowest BCUT2D eigenvalue weighted by molar-refractivity contribution is -0.157. The topological polar surface area (TPSA) is 173 Å². The molecule has 3 aromatic rings. The van der Waals surface area contributed by atoms with Gasteiger partial charge in [-0.2, -0.15) is 0 Å². The van der Waals surface area contributed by atoms with E-state index in [1.54, 1.807) is 23.7 Å². The number of unbranched alkanes of at least 4 members (excludes halogenated alkanes) is 2. The van der Waals surface area contributed by atoms with Gasteiger partial charge >= 0.3 is 5.97 Å². The van der Waals surface area contributed by atoms with Crippen molar-refractivity contribution in [2.24, 2.45) is 5.16 Å². The summed E-state index contributed by atoms with van der Waals surface area (Å²) in [5.41, 5.74) is 4.47. The first-order chi connectivity index (χ1) is 17.9. The van der Waals surface area contributed by atoms with Crippen LogP contribution in [0.25, 0.3) is 22.3 Å². The number of rotatable bonds is 8. The number of cyclic esters (lactones) is 1. The molecule has 0 saturated heterocycles. The van der Waals surface area contributed by atoms with Crippen LogP contribution in [-0.4, -0.2) is 49.7 Å². The number of pyridine rings is 2. The summed E-state index contributed by atoms with van der Waals surface area (Å²) in [5.74, 6) is -1.20. The molecule has 0 saturated carbocycles. The third-order valence-electron chi connectivity index (χ3n) is 6.50. The maximum absolute atomic E-state index is 13.2. The second kappa shape index (κ2) is 9.99. The molecule has 0 unspecified atom stereocenters. The summed E-state index contributed by atoms with van der Waals surface area (Å²) in [6, 6.07) is 6.31. The molecule has 1 atom stereocenters. The smallest absolute Gasteiger partial charge is 0.340 e. The van der Waals surface area contributed by atoms with Gasteiger partial charge in [-0.3, -0.25) is 14.8 Å². The molecule has 5 rings (SSSR count). The van der Waals surface area contributed by atoms with E-state index < -0.39 is 18.0 Å². The number of nitrogens with one attached hydrogen (secondary N) is 1. The predicted octanol–water partition coefficient (Wildman–Crippen LogP) is 1.64. The second-order valence-corrected chi connectivity index (χ2v) is 8.83. The minimum Gasteiger partial charge on any atom is -0.508 e. The van der Waals surface area contributed by atoms with E-state index in [9.17, 15) is 24.6 Å². The van der Waals surface area contributed by atoms with Crippen LogP contribution in [0.5, 0.6) is 5.75 Å². The Morgan fingerprint density at radius 3 is 2.89 bits per heavy atom. The zero-order valence-electron chi connectivity index (χ0n) is 19.6. The van der Waals surface area contributed by atoms with Crippen molar-refractivity contribution in [1.29, 1.82) is 0 Å². The number of carbonyl (C=O) groups excluding carboxylic acids is 2. The minimum absolute atomic E-state index is 0.0404. The molecular formula is C25H24N4O8. The van der Waals surface area contributed by atoms with Gasteiger partial charge in [-0.15, -0.1) is 0 Å². The highest BCUT2D eigenvalue weighted by molar-refractivity contribution is 6.02. The number of carbonyl (C=O) groups is 2. The van der Waals surface area contributed by atoms with E-state index in [0.717, 1.165) is 0 Å². The van der Waals surface area contributed by atoms with Crippen LogP contribution in [0.15, 0.2) is 34.2 Å². The zero-order chi connectivity index (χ0) is 26.1. The average molecular weight is 508 g/mol. The minimum atomic E-state index is -1.55. The van der Waals surface area contributed by atoms with Crippen molar-refractivity contribution in [2.45, 2.75) is 44.9 Å². The number of esters is 1. The number of phenolic OH excluding ortho intramolecular Hbond substituents is 1. The van der Waals surface area contributed by atoms with E-state index in [4.69, 9.17) is 19.8 Å². The highest BCUT2D eigenvalue weighted by Crippen LogP contribution is 2.37. The van der Waals surface area contributed by atoms with Crippen LogP contribution in [0.1, 0.15) is 54.0 Å². The van der Waals surface area contributed by atoms with Gasteiger partial charge in [-0.1, -0.05) is 5.16 Å². The fraction of sp³-hybridized carbons (Fsp3) is 0.320. The van der Waals surface area contributed by atoms with Crippen molar-refractivity contribution in [2.75, 3.05) is 6.61 Å². The number of aliphatic hydroxyl groups excluding tert-OH is 1. The van der Waals surface area contributed by atoms with Gasteiger partial charge in [0.1, 0.15) is 19.0 Å². The molecule has 37 heavy (non-hydrogen) atoms. The number of aromatic nitrogens is 2. The molecule has 2 aromatic heterocycles. The van der Waals surface area contributed by atoms with Crippen LogP contribution in [0, 0.1) is 0 Å². The van der Waals surface area contributed by atoms with Crippen molar-refractivity contribution >= 4 is 29.0 Å². The SMILES string of the molecule is O=C(CCCCCO/N=C\c1c2c(nc3ccc(O)cc13)-c1cc3c(c(=O)n1C2)COC(=O)[C@H]3O)NO. The Bertz CT molecular complexity index is 1500. The van der Waals surface area contributed by atoms with Crippen molar-refractivity contribution in [1.82, 2.24) is 15.0 Å². The molecule has 4 N–H and O–H groups in total. The van der Waals surface area contributed by atoms with E-state index >= 15 is 0 Å². The Hall–Kier alpha value is -4.29. The van der Waals surface area contributed by atoms with Crippen LogP contribution in [0.4, 0.5) is 0 Å². The molecule has 192 valence electrons. The van der Waals surface area contributed by atoms with Gasteiger partial charge in [-0.05, 0) is 43.5 Å². The summed E-state index contributed by atoms with van der Waals surface area (Å²) < 4.78 is 6.45. The number of benzene rings is 1. The first kappa shape index (κ1) is 24.4. The first-order valence-corrected chi connectivity index (χ1v) is 11.7. The van der Waals surface area contributed by atoms with Gasteiger partial charge in [0.2, 0.25) is 5.91 Å². The molecule has 1 aromatic carbocycles. The number of aromatic hydroxyl groups is 1. The van der Waals surface area contributed by atoms with Crippen molar-refractivity contribution in [3.63, 3.8) is 0 Å². The summed E-state index contributed by atoms with van der Waals surface area (Å²) in [6.45, 7) is 0.274. The molecule has 0 radical (unpaired) electrons. The molecule has 1 amide bonds. The summed E-state index contributed by atoms with van der Waals surface area (Å²) in [5, 5.41) is 33.6. The number of hydrogen-bond acceptors (Lipinski definition) is 10. The van der Waals surface area contributed by atoms with Crippen LogP contribution in [0.2, 0.25) is 0 Å². The second-order valence-electron chi connectivity index (χ2n) is 8.83. The van der Waals surface area contributed by atoms with Crippen LogP contribution in [0.3, 0.4) is 0 Å². The number of ether oxygens (including phenoxy) is 1. The molecule has 2 aliphatic rings. The molecule has 0 spiro atoms. The number of amides is 1. The number of hydrogen-bond donors (Lipinski definition) is 4. The van der Waals surface area contributed by atoms with Crippen molar-refractivity contribution < 1.29 is 34.6 Å². The Kier molecular flexibility index (Phi) is 6.59. The number of oxime groups is 1. The molecule has 0 bridgehead atoms. The maximum atomic E-state index is 13.2. The number of aliphatic hydroxyl groups is 1. The summed E-state index contributed by atoms with van der Waals surface area (Å²) in [4.78, 5) is 46.2. The normalized spacial score (nSPS) is 15.8. The Morgan fingerprint density at radius 1 is 1.24 bits per heavy atom. The lowest BCUT2D eigenvalue weighted by Gasteiger charge is -2.21.